The van der Waals surface area contributed by atoms with E-state index >= 15 is 0 Å². The minimum Gasteiger partial charge on any atom is -0.480 e. The highest BCUT2D eigenvalue weighted by molar-refractivity contribution is 7.10. The maximum atomic E-state index is 12.3. The molecule has 1 aromatic heterocycles. The number of rotatable bonds is 7. The molecule has 0 spiro atoms. The van der Waals surface area contributed by atoms with E-state index in [1.807, 2.05) is 41.8 Å². The first-order chi connectivity index (χ1) is 10.5. The third-order valence-corrected chi connectivity index (χ3v) is 4.45. The average molecular weight is 338 g/mol. The molecule has 2 rings (SSSR count). The molecule has 0 bridgehead atoms. The number of carboxylic acids is 1. The van der Waals surface area contributed by atoms with E-state index in [-0.39, 0.29) is 18.9 Å². The van der Waals surface area contributed by atoms with Crippen LogP contribution in [0.2, 0.25) is 5.02 Å². The number of nitrogens with zero attached hydrogens (tertiary/aromatic N) is 1. The minimum absolute atomic E-state index is 0.171. The molecular formula is C16H16ClNO3S. The van der Waals surface area contributed by atoms with Crippen molar-refractivity contribution in [2.75, 3.05) is 6.54 Å². The molecule has 1 aromatic carbocycles. The molecule has 4 nitrogen and oxygen atoms in total. The SMILES string of the molecule is O=C(O)CN(Cc1ccccc1)C(=O)CCc1cc(Cl)cs1. The van der Waals surface area contributed by atoms with Gasteiger partial charge in [-0.1, -0.05) is 41.9 Å². The molecule has 0 fully saturated rings. The molecule has 0 radical (unpaired) electrons. The Bertz CT molecular complexity index is 642. The summed E-state index contributed by atoms with van der Waals surface area (Å²) in [6, 6.07) is 11.2. The van der Waals surface area contributed by atoms with Crippen LogP contribution in [0.3, 0.4) is 0 Å². The molecule has 0 saturated heterocycles. The van der Waals surface area contributed by atoms with E-state index < -0.39 is 5.97 Å². The lowest BCUT2D eigenvalue weighted by Crippen LogP contribution is -2.35. The van der Waals surface area contributed by atoms with Crippen LogP contribution in [0.4, 0.5) is 0 Å². The summed E-state index contributed by atoms with van der Waals surface area (Å²) in [5.74, 6) is -1.18. The number of hydrogen-bond donors (Lipinski definition) is 1. The molecule has 0 aliphatic carbocycles. The highest BCUT2D eigenvalue weighted by Gasteiger charge is 2.17. The maximum Gasteiger partial charge on any atom is 0.323 e. The van der Waals surface area contributed by atoms with Gasteiger partial charge in [0, 0.05) is 23.2 Å². The highest BCUT2D eigenvalue weighted by atomic mass is 35.5. The summed E-state index contributed by atoms with van der Waals surface area (Å²) in [7, 11) is 0. The van der Waals surface area contributed by atoms with Gasteiger partial charge in [0.25, 0.3) is 0 Å². The second-order valence-electron chi connectivity index (χ2n) is 4.86. The van der Waals surface area contributed by atoms with Crippen LogP contribution in [-0.2, 0) is 22.6 Å². The Morgan fingerprint density at radius 3 is 2.55 bits per heavy atom. The first kappa shape index (κ1) is 16.5. The molecule has 0 aliphatic heterocycles. The summed E-state index contributed by atoms with van der Waals surface area (Å²) in [6.07, 6.45) is 0.845. The van der Waals surface area contributed by atoms with E-state index in [9.17, 15) is 9.59 Å². The number of carbonyl (C=O) groups is 2. The number of benzene rings is 1. The normalized spacial score (nSPS) is 10.4. The molecule has 22 heavy (non-hydrogen) atoms. The Kier molecular flexibility index (Phi) is 5.98. The molecule has 1 amide bonds. The standard InChI is InChI=1S/C16H16ClNO3S/c17-13-8-14(22-11-13)6-7-15(19)18(10-16(20)21)9-12-4-2-1-3-5-12/h1-5,8,11H,6-7,9-10H2,(H,20,21). The van der Waals surface area contributed by atoms with Gasteiger partial charge in [0.1, 0.15) is 6.54 Å². The summed E-state index contributed by atoms with van der Waals surface area (Å²) in [4.78, 5) is 25.7. The van der Waals surface area contributed by atoms with E-state index in [0.29, 0.717) is 18.0 Å². The second kappa shape index (κ2) is 7.96. The minimum atomic E-state index is -1.01. The van der Waals surface area contributed by atoms with Gasteiger partial charge in [0.15, 0.2) is 0 Å². The van der Waals surface area contributed by atoms with Crippen LogP contribution in [-0.4, -0.2) is 28.4 Å². The lowest BCUT2D eigenvalue weighted by atomic mass is 10.2. The summed E-state index contributed by atoms with van der Waals surface area (Å²) >= 11 is 7.35. The lowest BCUT2D eigenvalue weighted by Gasteiger charge is -2.20. The molecule has 116 valence electrons. The third-order valence-electron chi connectivity index (χ3n) is 3.10. The van der Waals surface area contributed by atoms with Crippen LogP contribution in [0, 0.1) is 0 Å². The van der Waals surface area contributed by atoms with E-state index in [4.69, 9.17) is 16.7 Å². The van der Waals surface area contributed by atoms with Gasteiger partial charge >= 0.3 is 5.97 Å². The molecule has 0 atom stereocenters. The van der Waals surface area contributed by atoms with Crippen molar-refractivity contribution < 1.29 is 14.7 Å². The Morgan fingerprint density at radius 2 is 1.95 bits per heavy atom. The van der Waals surface area contributed by atoms with Gasteiger partial charge in [-0.15, -0.1) is 11.3 Å². The van der Waals surface area contributed by atoms with Gasteiger partial charge in [0.05, 0.1) is 5.02 Å². The first-order valence-corrected chi connectivity index (χ1v) is 8.07. The van der Waals surface area contributed by atoms with Gasteiger partial charge < -0.3 is 10.0 Å². The molecule has 0 saturated carbocycles. The van der Waals surface area contributed by atoms with E-state index in [1.165, 1.54) is 16.2 Å². The number of aliphatic carboxylic acids is 1. The van der Waals surface area contributed by atoms with Crippen LogP contribution in [0.25, 0.3) is 0 Å². The number of carboxylic acid groups (broad SMARTS) is 1. The Balaban J connectivity index is 1.97. The first-order valence-electron chi connectivity index (χ1n) is 6.81. The zero-order chi connectivity index (χ0) is 15.9. The second-order valence-corrected chi connectivity index (χ2v) is 6.29. The molecule has 1 heterocycles. The number of hydrogen-bond acceptors (Lipinski definition) is 3. The van der Waals surface area contributed by atoms with Crippen LogP contribution in [0.5, 0.6) is 0 Å². The van der Waals surface area contributed by atoms with Crippen molar-refractivity contribution in [3.05, 3.63) is 57.2 Å². The van der Waals surface area contributed by atoms with Crippen LogP contribution in [0.15, 0.2) is 41.8 Å². The Morgan fingerprint density at radius 1 is 1.23 bits per heavy atom. The van der Waals surface area contributed by atoms with Crippen molar-refractivity contribution in [3.63, 3.8) is 0 Å². The maximum absolute atomic E-state index is 12.3. The molecule has 6 heteroatoms. The summed E-state index contributed by atoms with van der Waals surface area (Å²) < 4.78 is 0. The van der Waals surface area contributed by atoms with E-state index in [2.05, 4.69) is 0 Å². The molecule has 2 aromatic rings. The molecule has 1 N–H and O–H groups in total. The van der Waals surface area contributed by atoms with E-state index in [1.54, 1.807) is 0 Å². The van der Waals surface area contributed by atoms with Crippen LogP contribution < -0.4 is 0 Å². The molecule has 0 unspecified atom stereocenters. The largest absolute Gasteiger partial charge is 0.480 e. The zero-order valence-electron chi connectivity index (χ0n) is 11.9. The van der Waals surface area contributed by atoms with Gasteiger partial charge in [-0.25, -0.2) is 0 Å². The van der Waals surface area contributed by atoms with Crippen molar-refractivity contribution >= 4 is 34.8 Å². The number of thiophene rings is 1. The number of amides is 1. The quantitative estimate of drug-likeness (QED) is 0.842. The van der Waals surface area contributed by atoms with Crippen LogP contribution >= 0.6 is 22.9 Å². The summed E-state index contributed by atoms with van der Waals surface area (Å²) in [6.45, 7) is 0.0100. The predicted molar refractivity (Wildman–Crippen MR) is 87.1 cm³/mol. The fraction of sp³-hybridized carbons (Fsp3) is 0.250. The number of aryl methyl sites for hydroxylation is 1. The van der Waals surface area contributed by atoms with Crippen molar-refractivity contribution in [2.24, 2.45) is 0 Å². The molecule has 0 aliphatic rings. The zero-order valence-corrected chi connectivity index (χ0v) is 13.4. The predicted octanol–water partition coefficient (Wildman–Crippen LogP) is 3.45. The van der Waals surface area contributed by atoms with Crippen molar-refractivity contribution in [1.82, 2.24) is 4.90 Å². The smallest absolute Gasteiger partial charge is 0.323 e. The lowest BCUT2D eigenvalue weighted by molar-refractivity contribution is -0.144. The highest BCUT2D eigenvalue weighted by Crippen LogP contribution is 2.20. The number of carbonyl (C=O) groups excluding carboxylic acids is 1. The van der Waals surface area contributed by atoms with Gasteiger partial charge in [-0.05, 0) is 18.1 Å². The monoisotopic (exact) mass is 337 g/mol. The Labute approximate surface area is 137 Å². The Hall–Kier alpha value is -1.85. The average Bonchev–Trinajstić information content (AvgIpc) is 2.90. The fourth-order valence-corrected chi connectivity index (χ4v) is 3.15. The third kappa shape index (κ3) is 5.16. The van der Waals surface area contributed by atoms with E-state index in [0.717, 1.165) is 10.4 Å². The topological polar surface area (TPSA) is 57.6 Å². The van der Waals surface area contributed by atoms with Crippen molar-refractivity contribution in [2.45, 2.75) is 19.4 Å². The van der Waals surface area contributed by atoms with Crippen molar-refractivity contribution in [3.8, 4) is 0 Å². The summed E-state index contributed by atoms with van der Waals surface area (Å²) in [5, 5.41) is 11.5. The molecular weight excluding hydrogens is 322 g/mol. The fourth-order valence-electron chi connectivity index (χ4n) is 2.07. The van der Waals surface area contributed by atoms with Crippen molar-refractivity contribution in [1.29, 1.82) is 0 Å². The summed E-state index contributed by atoms with van der Waals surface area (Å²) in [5.41, 5.74) is 0.913. The van der Waals surface area contributed by atoms with Gasteiger partial charge in [0.2, 0.25) is 5.91 Å². The van der Waals surface area contributed by atoms with Gasteiger partial charge in [-0.2, -0.15) is 0 Å². The van der Waals surface area contributed by atoms with Crippen LogP contribution in [0.1, 0.15) is 16.9 Å². The van der Waals surface area contributed by atoms with Gasteiger partial charge in [-0.3, -0.25) is 9.59 Å². The number of halogens is 1.